The molecule has 2 rings (SSSR count). The van der Waals surface area contributed by atoms with Crippen LogP contribution in [0.3, 0.4) is 0 Å². The van der Waals surface area contributed by atoms with E-state index in [0.717, 1.165) is 5.39 Å². The van der Waals surface area contributed by atoms with Crippen LogP contribution in [0.4, 0.5) is 5.82 Å². The van der Waals surface area contributed by atoms with Gasteiger partial charge in [0.2, 0.25) is 0 Å². The molecule has 5 heteroatoms. The molecule has 2 aromatic rings. The average molecular weight is 212 g/mol. The molecule has 0 aliphatic rings. The summed E-state index contributed by atoms with van der Waals surface area (Å²) in [4.78, 5) is 0. The van der Waals surface area contributed by atoms with Crippen molar-refractivity contribution in [2.24, 2.45) is 5.73 Å². The van der Waals surface area contributed by atoms with Gasteiger partial charge in [-0.2, -0.15) is 0 Å². The SMILES string of the molecule is NCCNc1noc2c(Cl)cccc12. The first kappa shape index (κ1) is 9.30. The van der Waals surface area contributed by atoms with Crippen LogP contribution >= 0.6 is 11.6 Å². The van der Waals surface area contributed by atoms with Crippen molar-refractivity contribution in [3.8, 4) is 0 Å². The zero-order chi connectivity index (χ0) is 9.97. The van der Waals surface area contributed by atoms with Gasteiger partial charge in [0.15, 0.2) is 11.4 Å². The largest absolute Gasteiger partial charge is 0.365 e. The van der Waals surface area contributed by atoms with Crippen LogP contribution in [0, 0.1) is 0 Å². The summed E-state index contributed by atoms with van der Waals surface area (Å²) in [5.41, 5.74) is 5.98. The number of halogens is 1. The third-order valence-electron chi connectivity index (χ3n) is 1.89. The molecular weight excluding hydrogens is 202 g/mol. The van der Waals surface area contributed by atoms with Gasteiger partial charge in [-0.1, -0.05) is 22.8 Å². The number of hydrogen-bond donors (Lipinski definition) is 2. The number of para-hydroxylation sites is 1. The topological polar surface area (TPSA) is 64.1 Å². The maximum Gasteiger partial charge on any atom is 0.187 e. The highest BCUT2D eigenvalue weighted by molar-refractivity contribution is 6.35. The van der Waals surface area contributed by atoms with Crippen molar-refractivity contribution in [2.75, 3.05) is 18.4 Å². The highest BCUT2D eigenvalue weighted by Gasteiger charge is 2.09. The van der Waals surface area contributed by atoms with Crippen LogP contribution in [-0.4, -0.2) is 18.2 Å². The maximum absolute atomic E-state index is 5.92. The van der Waals surface area contributed by atoms with Gasteiger partial charge in [-0.3, -0.25) is 0 Å². The monoisotopic (exact) mass is 211 g/mol. The first-order valence-electron chi connectivity index (χ1n) is 4.31. The minimum Gasteiger partial charge on any atom is -0.365 e. The summed E-state index contributed by atoms with van der Waals surface area (Å²) >= 11 is 5.92. The summed E-state index contributed by atoms with van der Waals surface area (Å²) in [5, 5.41) is 8.37. The molecule has 1 heterocycles. The first-order valence-corrected chi connectivity index (χ1v) is 4.68. The standard InChI is InChI=1S/C9H10ClN3O/c10-7-3-1-2-6-8(7)14-13-9(6)12-5-4-11/h1-3H,4-5,11H2,(H,12,13). The van der Waals surface area contributed by atoms with Crippen LogP contribution in [0.5, 0.6) is 0 Å². The molecule has 1 aromatic carbocycles. The maximum atomic E-state index is 5.92. The Bertz CT molecular complexity index is 441. The Labute approximate surface area is 86.0 Å². The molecule has 0 saturated heterocycles. The number of rotatable bonds is 3. The van der Waals surface area contributed by atoms with Gasteiger partial charge in [0.05, 0.1) is 10.4 Å². The predicted octanol–water partition coefficient (Wildman–Crippen LogP) is 1.85. The molecule has 0 bridgehead atoms. The van der Waals surface area contributed by atoms with Gasteiger partial charge < -0.3 is 15.6 Å². The number of hydrogen-bond acceptors (Lipinski definition) is 4. The fraction of sp³-hybridized carbons (Fsp3) is 0.222. The highest BCUT2D eigenvalue weighted by Crippen LogP contribution is 2.28. The molecule has 1 aromatic heterocycles. The molecule has 0 amide bonds. The smallest absolute Gasteiger partial charge is 0.187 e. The first-order chi connectivity index (χ1) is 6.83. The number of aromatic nitrogens is 1. The summed E-state index contributed by atoms with van der Waals surface area (Å²) in [6.45, 7) is 1.21. The number of nitrogens with two attached hydrogens (primary N) is 1. The van der Waals surface area contributed by atoms with Crippen LogP contribution in [-0.2, 0) is 0 Å². The summed E-state index contributed by atoms with van der Waals surface area (Å²) in [6, 6.07) is 5.52. The van der Waals surface area contributed by atoms with Crippen LogP contribution in [0.2, 0.25) is 5.02 Å². The van der Waals surface area contributed by atoms with Crippen molar-refractivity contribution < 1.29 is 4.52 Å². The Morgan fingerprint density at radius 3 is 3.14 bits per heavy atom. The van der Waals surface area contributed by atoms with E-state index >= 15 is 0 Å². The quantitative estimate of drug-likeness (QED) is 0.814. The fourth-order valence-corrected chi connectivity index (χ4v) is 1.46. The Balaban J connectivity index is 2.42. The number of nitrogens with zero attached hydrogens (tertiary/aromatic N) is 1. The van der Waals surface area contributed by atoms with E-state index in [1.54, 1.807) is 6.07 Å². The Hall–Kier alpha value is -1.26. The van der Waals surface area contributed by atoms with Crippen molar-refractivity contribution in [3.63, 3.8) is 0 Å². The average Bonchev–Trinajstić information content (AvgIpc) is 2.60. The Morgan fingerprint density at radius 1 is 1.50 bits per heavy atom. The van der Waals surface area contributed by atoms with Crippen molar-refractivity contribution in [3.05, 3.63) is 23.2 Å². The normalized spacial score (nSPS) is 10.7. The highest BCUT2D eigenvalue weighted by atomic mass is 35.5. The van der Waals surface area contributed by atoms with Crippen molar-refractivity contribution in [1.29, 1.82) is 0 Å². The molecule has 0 radical (unpaired) electrons. The molecule has 0 aliphatic carbocycles. The van der Waals surface area contributed by atoms with Crippen molar-refractivity contribution in [1.82, 2.24) is 5.16 Å². The van der Waals surface area contributed by atoms with E-state index in [1.165, 1.54) is 0 Å². The third-order valence-corrected chi connectivity index (χ3v) is 2.18. The van der Waals surface area contributed by atoms with Crippen molar-refractivity contribution >= 4 is 28.4 Å². The van der Waals surface area contributed by atoms with E-state index in [2.05, 4.69) is 10.5 Å². The lowest BCUT2D eigenvalue weighted by molar-refractivity contribution is 0.459. The molecule has 74 valence electrons. The lowest BCUT2D eigenvalue weighted by atomic mass is 10.2. The summed E-state index contributed by atoms with van der Waals surface area (Å²) in [5.74, 6) is 0.688. The molecule has 4 nitrogen and oxygen atoms in total. The van der Waals surface area contributed by atoms with Crippen LogP contribution < -0.4 is 11.1 Å². The van der Waals surface area contributed by atoms with Gasteiger partial charge in [-0.25, -0.2) is 0 Å². The second kappa shape index (κ2) is 3.86. The van der Waals surface area contributed by atoms with E-state index in [0.29, 0.717) is 29.5 Å². The number of benzene rings is 1. The molecule has 14 heavy (non-hydrogen) atoms. The number of nitrogens with one attached hydrogen (secondary N) is 1. The Morgan fingerprint density at radius 2 is 2.36 bits per heavy atom. The number of anilines is 1. The molecule has 0 unspecified atom stereocenters. The third kappa shape index (κ3) is 1.54. The molecule has 0 spiro atoms. The van der Waals surface area contributed by atoms with E-state index < -0.39 is 0 Å². The van der Waals surface area contributed by atoms with Gasteiger partial charge in [-0.05, 0) is 12.1 Å². The van der Waals surface area contributed by atoms with Gasteiger partial charge in [-0.15, -0.1) is 0 Å². The van der Waals surface area contributed by atoms with E-state index in [-0.39, 0.29) is 0 Å². The van der Waals surface area contributed by atoms with Crippen LogP contribution in [0.25, 0.3) is 11.0 Å². The summed E-state index contributed by atoms with van der Waals surface area (Å²) in [6.07, 6.45) is 0. The fourth-order valence-electron chi connectivity index (χ4n) is 1.25. The molecule has 0 aliphatic heterocycles. The molecular formula is C9H10ClN3O. The minimum absolute atomic E-state index is 0.551. The van der Waals surface area contributed by atoms with Gasteiger partial charge >= 0.3 is 0 Å². The Kier molecular flexibility index (Phi) is 2.56. The van der Waals surface area contributed by atoms with Crippen molar-refractivity contribution in [2.45, 2.75) is 0 Å². The van der Waals surface area contributed by atoms with Gasteiger partial charge in [0.25, 0.3) is 0 Å². The predicted molar refractivity (Wildman–Crippen MR) is 56.6 cm³/mol. The van der Waals surface area contributed by atoms with E-state index in [9.17, 15) is 0 Å². The van der Waals surface area contributed by atoms with Gasteiger partial charge in [0, 0.05) is 13.1 Å². The van der Waals surface area contributed by atoms with E-state index in [4.69, 9.17) is 21.9 Å². The minimum atomic E-state index is 0.551. The molecule has 3 N–H and O–H groups in total. The molecule has 0 saturated carbocycles. The summed E-state index contributed by atoms with van der Waals surface area (Å²) < 4.78 is 5.09. The van der Waals surface area contributed by atoms with E-state index in [1.807, 2.05) is 12.1 Å². The van der Waals surface area contributed by atoms with Crippen LogP contribution in [0.15, 0.2) is 22.7 Å². The lowest BCUT2D eigenvalue weighted by Crippen LogP contribution is -2.13. The molecule has 0 fully saturated rings. The zero-order valence-electron chi connectivity index (χ0n) is 7.46. The molecule has 0 atom stereocenters. The second-order valence-corrected chi connectivity index (χ2v) is 3.27. The lowest BCUT2D eigenvalue weighted by Gasteiger charge is -1.98. The second-order valence-electron chi connectivity index (χ2n) is 2.86. The zero-order valence-corrected chi connectivity index (χ0v) is 8.21. The van der Waals surface area contributed by atoms with Crippen LogP contribution in [0.1, 0.15) is 0 Å². The summed E-state index contributed by atoms with van der Waals surface area (Å²) in [7, 11) is 0. The number of fused-ring (bicyclic) bond motifs is 1. The van der Waals surface area contributed by atoms with Gasteiger partial charge in [0.1, 0.15) is 0 Å².